The van der Waals surface area contributed by atoms with Crippen molar-refractivity contribution in [3.63, 3.8) is 0 Å². The van der Waals surface area contributed by atoms with Crippen molar-refractivity contribution in [2.75, 3.05) is 5.75 Å². The van der Waals surface area contributed by atoms with Gasteiger partial charge >= 0.3 is 0 Å². The summed E-state index contributed by atoms with van der Waals surface area (Å²) in [6, 6.07) is 9.78. The molecule has 0 atom stereocenters. The fraction of sp³-hybridized carbons (Fsp3) is 0.474. The van der Waals surface area contributed by atoms with Gasteiger partial charge in [0.2, 0.25) is 5.91 Å². The zero-order valence-electron chi connectivity index (χ0n) is 15.2. The van der Waals surface area contributed by atoms with Gasteiger partial charge in [0.25, 0.3) is 0 Å². The van der Waals surface area contributed by atoms with Gasteiger partial charge in [-0.1, -0.05) is 54.8 Å². The Morgan fingerprint density at radius 3 is 2.81 bits per heavy atom. The number of benzene rings is 1. The summed E-state index contributed by atoms with van der Waals surface area (Å²) in [6.07, 6.45) is 4.54. The van der Waals surface area contributed by atoms with E-state index < -0.39 is 5.54 Å². The number of hydrogen-bond donors (Lipinski definition) is 1. The molecule has 6 nitrogen and oxygen atoms in total. The fourth-order valence-electron chi connectivity index (χ4n) is 3.37. The molecule has 3 rings (SSSR count). The molecule has 1 aromatic heterocycles. The first-order valence-electron chi connectivity index (χ1n) is 9.11. The molecule has 1 N–H and O–H groups in total. The van der Waals surface area contributed by atoms with Gasteiger partial charge in [-0.25, -0.2) is 0 Å². The summed E-state index contributed by atoms with van der Waals surface area (Å²) >= 11 is 7.41. The molecule has 1 saturated carbocycles. The lowest BCUT2D eigenvalue weighted by molar-refractivity contribution is -0.120. The van der Waals surface area contributed by atoms with Crippen LogP contribution in [0.4, 0.5) is 0 Å². The molecule has 0 bridgehead atoms. The predicted molar refractivity (Wildman–Crippen MR) is 106 cm³/mol. The molecule has 1 heterocycles. The minimum atomic E-state index is -0.708. The third-order valence-corrected chi connectivity index (χ3v) is 5.95. The summed E-state index contributed by atoms with van der Waals surface area (Å²) in [6.45, 7) is 2.69. The van der Waals surface area contributed by atoms with E-state index in [1.165, 1.54) is 11.8 Å². The van der Waals surface area contributed by atoms with Gasteiger partial charge in [0, 0.05) is 17.1 Å². The van der Waals surface area contributed by atoms with E-state index in [0.29, 0.717) is 16.7 Å². The molecule has 0 saturated heterocycles. The molecule has 1 aliphatic rings. The average Bonchev–Trinajstić information content (AvgIpc) is 3.10. The Morgan fingerprint density at radius 1 is 1.37 bits per heavy atom. The summed E-state index contributed by atoms with van der Waals surface area (Å²) in [5.74, 6) is 0.791. The highest BCUT2D eigenvalue weighted by molar-refractivity contribution is 7.99. The van der Waals surface area contributed by atoms with Gasteiger partial charge in [-0.15, -0.1) is 10.2 Å². The van der Waals surface area contributed by atoms with Crippen LogP contribution in [0.5, 0.6) is 0 Å². The van der Waals surface area contributed by atoms with E-state index >= 15 is 0 Å². The van der Waals surface area contributed by atoms with Gasteiger partial charge in [0.15, 0.2) is 11.0 Å². The maximum atomic E-state index is 12.4. The van der Waals surface area contributed by atoms with Gasteiger partial charge in [0.1, 0.15) is 5.54 Å². The average molecular weight is 404 g/mol. The number of nitrogens with zero attached hydrogens (tertiary/aromatic N) is 4. The number of halogens is 1. The zero-order chi connectivity index (χ0) is 19.3. The zero-order valence-corrected chi connectivity index (χ0v) is 16.8. The lowest BCUT2D eigenvalue weighted by atomic mass is 9.83. The third kappa shape index (κ3) is 4.63. The van der Waals surface area contributed by atoms with Crippen LogP contribution in [0.1, 0.15) is 39.0 Å². The second kappa shape index (κ2) is 8.77. The Balaban J connectivity index is 1.68. The van der Waals surface area contributed by atoms with Crippen molar-refractivity contribution in [3.05, 3.63) is 29.3 Å². The lowest BCUT2D eigenvalue weighted by Gasteiger charge is -2.31. The maximum absolute atomic E-state index is 12.4. The van der Waals surface area contributed by atoms with Crippen LogP contribution in [0, 0.1) is 11.3 Å². The summed E-state index contributed by atoms with van der Waals surface area (Å²) in [5, 5.41) is 22.3. The number of amides is 1. The standard InChI is InChI=1S/C19H22ClN5OS/c1-2-25-17(14-7-6-8-15(20)11-14)23-24-18(25)27-12-16(26)22-19(13-21)9-4-3-5-10-19/h6-8,11H,2-5,9-10,12H2,1H3,(H,22,26). The van der Waals surface area contributed by atoms with Gasteiger partial charge in [-0.2, -0.15) is 5.26 Å². The summed E-state index contributed by atoms with van der Waals surface area (Å²) < 4.78 is 1.96. The van der Waals surface area contributed by atoms with Crippen molar-refractivity contribution in [3.8, 4) is 17.5 Å². The van der Waals surface area contributed by atoms with Crippen LogP contribution >= 0.6 is 23.4 Å². The highest BCUT2D eigenvalue weighted by Crippen LogP contribution is 2.29. The van der Waals surface area contributed by atoms with E-state index in [-0.39, 0.29) is 11.7 Å². The van der Waals surface area contributed by atoms with E-state index in [2.05, 4.69) is 21.6 Å². The van der Waals surface area contributed by atoms with Crippen LogP contribution in [-0.2, 0) is 11.3 Å². The minimum absolute atomic E-state index is 0.140. The van der Waals surface area contributed by atoms with Crippen LogP contribution in [-0.4, -0.2) is 32.0 Å². The molecule has 27 heavy (non-hydrogen) atoms. The molecule has 1 fully saturated rings. The maximum Gasteiger partial charge on any atom is 0.231 e. The Bertz CT molecular complexity index is 854. The van der Waals surface area contributed by atoms with Gasteiger partial charge < -0.3 is 9.88 Å². The molecule has 0 radical (unpaired) electrons. The van der Waals surface area contributed by atoms with Crippen molar-refractivity contribution >= 4 is 29.3 Å². The monoisotopic (exact) mass is 403 g/mol. The molecule has 1 aliphatic carbocycles. The van der Waals surface area contributed by atoms with Crippen LogP contribution < -0.4 is 5.32 Å². The number of thioether (sulfide) groups is 1. The summed E-state index contributed by atoms with van der Waals surface area (Å²) in [4.78, 5) is 12.4. The van der Waals surface area contributed by atoms with Crippen LogP contribution in [0.3, 0.4) is 0 Å². The Morgan fingerprint density at radius 2 is 2.15 bits per heavy atom. The van der Waals surface area contributed by atoms with Gasteiger partial charge in [-0.3, -0.25) is 4.79 Å². The number of carbonyl (C=O) groups is 1. The Labute approximate surface area is 168 Å². The van der Waals surface area contributed by atoms with E-state index in [1.54, 1.807) is 0 Å². The molecular formula is C19H22ClN5OS. The smallest absolute Gasteiger partial charge is 0.231 e. The second-order valence-electron chi connectivity index (χ2n) is 6.65. The first-order chi connectivity index (χ1) is 13.1. The van der Waals surface area contributed by atoms with Crippen molar-refractivity contribution in [2.45, 2.75) is 56.3 Å². The normalized spacial score (nSPS) is 15.9. The number of nitrogens with one attached hydrogen (secondary N) is 1. The Kier molecular flexibility index (Phi) is 6.40. The molecule has 0 aliphatic heterocycles. The van der Waals surface area contributed by atoms with E-state index in [1.807, 2.05) is 35.8 Å². The SMILES string of the molecule is CCn1c(SCC(=O)NC2(C#N)CCCCC2)nnc1-c1cccc(Cl)c1. The van der Waals surface area contributed by atoms with Crippen LogP contribution in [0.2, 0.25) is 5.02 Å². The van der Waals surface area contributed by atoms with E-state index in [4.69, 9.17) is 11.6 Å². The fourth-order valence-corrected chi connectivity index (χ4v) is 4.37. The Hall–Kier alpha value is -2.04. The number of hydrogen-bond acceptors (Lipinski definition) is 5. The first kappa shape index (κ1) is 19.7. The topological polar surface area (TPSA) is 83.6 Å². The molecule has 142 valence electrons. The van der Waals surface area contributed by atoms with Crippen molar-refractivity contribution in [1.29, 1.82) is 5.26 Å². The van der Waals surface area contributed by atoms with Gasteiger partial charge in [0.05, 0.1) is 11.8 Å². The molecule has 1 aromatic carbocycles. The van der Waals surface area contributed by atoms with E-state index in [0.717, 1.165) is 43.5 Å². The van der Waals surface area contributed by atoms with Gasteiger partial charge in [-0.05, 0) is 31.9 Å². The summed E-state index contributed by atoms with van der Waals surface area (Å²) in [5.41, 5.74) is 0.180. The largest absolute Gasteiger partial charge is 0.337 e. The van der Waals surface area contributed by atoms with E-state index in [9.17, 15) is 10.1 Å². The number of nitriles is 1. The highest BCUT2D eigenvalue weighted by Gasteiger charge is 2.33. The third-order valence-electron chi connectivity index (χ3n) is 4.75. The molecular weight excluding hydrogens is 382 g/mol. The number of rotatable bonds is 6. The molecule has 8 heteroatoms. The molecule has 0 unspecified atom stereocenters. The highest BCUT2D eigenvalue weighted by atomic mass is 35.5. The quantitative estimate of drug-likeness (QED) is 0.735. The van der Waals surface area contributed by atoms with Crippen LogP contribution in [0.15, 0.2) is 29.4 Å². The van der Waals surface area contributed by atoms with Crippen LogP contribution in [0.25, 0.3) is 11.4 Å². The predicted octanol–water partition coefficient (Wildman–Crippen LogP) is 4.05. The lowest BCUT2D eigenvalue weighted by Crippen LogP contribution is -2.49. The number of carbonyl (C=O) groups excluding carboxylic acids is 1. The second-order valence-corrected chi connectivity index (χ2v) is 8.03. The summed E-state index contributed by atoms with van der Waals surface area (Å²) in [7, 11) is 0. The molecule has 0 spiro atoms. The number of aromatic nitrogens is 3. The van der Waals surface area contributed by atoms with Crippen molar-refractivity contribution < 1.29 is 4.79 Å². The van der Waals surface area contributed by atoms with Crippen molar-refractivity contribution in [2.24, 2.45) is 0 Å². The first-order valence-corrected chi connectivity index (χ1v) is 10.5. The molecule has 1 amide bonds. The van der Waals surface area contributed by atoms with Crippen molar-refractivity contribution in [1.82, 2.24) is 20.1 Å². The molecule has 2 aromatic rings. The minimum Gasteiger partial charge on any atom is -0.337 e.